The Hall–Kier alpha value is -0.520. The fourth-order valence-corrected chi connectivity index (χ4v) is 1.57. The first-order valence-electron chi connectivity index (χ1n) is 3.35. The van der Waals surface area contributed by atoms with E-state index >= 15 is 0 Å². The van der Waals surface area contributed by atoms with Crippen molar-refractivity contribution in [3.05, 3.63) is 22.4 Å². The molecule has 1 rings (SSSR count). The van der Waals surface area contributed by atoms with Gasteiger partial charge in [-0.05, 0) is 11.4 Å². The predicted octanol–water partition coefficient (Wildman–Crippen LogP) is 1.38. The number of thiophene rings is 1. The van der Waals surface area contributed by atoms with Crippen molar-refractivity contribution in [3.8, 4) is 0 Å². The molecule has 0 spiro atoms. The third kappa shape index (κ3) is 1.80. The number of aliphatic hydroxyl groups is 1. The fourth-order valence-electron chi connectivity index (χ4n) is 0.775. The van der Waals surface area contributed by atoms with E-state index in [2.05, 4.69) is 0 Å². The zero-order chi connectivity index (χ0) is 9.19. The van der Waals surface area contributed by atoms with Gasteiger partial charge < -0.3 is 10.8 Å². The van der Waals surface area contributed by atoms with Crippen LogP contribution in [0, 0.1) is 0 Å². The minimum absolute atomic E-state index is 0.383. The van der Waals surface area contributed by atoms with Crippen LogP contribution in [0.25, 0.3) is 0 Å². The number of aliphatic hydroxyl groups excluding tert-OH is 1. The van der Waals surface area contributed by atoms with Gasteiger partial charge in [0, 0.05) is 4.88 Å². The maximum absolute atomic E-state index is 12.7. The topological polar surface area (TPSA) is 46.2 Å². The summed E-state index contributed by atoms with van der Waals surface area (Å²) in [5.74, 6) is -3.23. The number of hydrogen-bond donors (Lipinski definition) is 2. The lowest BCUT2D eigenvalue weighted by Crippen LogP contribution is -2.35. The minimum Gasteiger partial charge on any atom is -0.390 e. The van der Waals surface area contributed by atoms with Crippen molar-refractivity contribution in [2.75, 3.05) is 6.61 Å². The first-order valence-corrected chi connectivity index (χ1v) is 4.23. The number of nitrogens with two attached hydrogens (primary N) is 1. The van der Waals surface area contributed by atoms with Crippen molar-refractivity contribution >= 4 is 11.3 Å². The van der Waals surface area contributed by atoms with Crippen LogP contribution in [0.4, 0.5) is 8.78 Å². The number of rotatable bonds is 3. The molecule has 0 saturated heterocycles. The molecule has 0 aliphatic rings. The second-order valence-electron chi connectivity index (χ2n) is 2.41. The van der Waals surface area contributed by atoms with Crippen molar-refractivity contribution in [2.45, 2.75) is 12.0 Å². The van der Waals surface area contributed by atoms with Crippen molar-refractivity contribution in [2.24, 2.45) is 5.73 Å². The molecule has 0 amide bonds. The van der Waals surface area contributed by atoms with E-state index in [-0.39, 0.29) is 0 Å². The molecule has 0 aliphatic heterocycles. The van der Waals surface area contributed by atoms with E-state index in [0.29, 0.717) is 4.88 Å². The summed E-state index contributed by atoms with van der Waals surface area (Å²) in [7, 11) is 0. The lowest BCUT2D eigenvalue weighted by Gasteiger charge is -2.19. The third-order valence-corrected chi connectivity index (χ3v) is 2.47. The Bertz CT molecular complexity index is 238. The average Bonchev–Trinajstić information content (AvgIpc) is 2.55. The summed E-state index contributed by atoms with van der Waals surface area (Å²) in [6, 6.07) is 1.77. The average molecular weight is 193 g/mol. The number of alkyl halides is 2. The summed E-state index contributed by atoms with van der Waals surface area (Å²) in [6.45, 7) is -1.22. The first kappa shape index (κ1) is 9.57. The summed E-state index contributed by atoms with van der Waals surface area (Å²) in [4.78, 5) is 0.383. The molecule has 5 heteroatoms. The highest BCUT2D eigenvalue weighted by atomic mass is 32.1. The van der Waals surface area contributed by atoms with Crippen molar-refractivity contribution in [1.82, 2.24) is 0 Å². The molecule has 0 radical (unpaired) electrons. The van der Waals surface area contributed by atoms with Crippen LogP contribution in [-0.2, 0) is 0 Å². The monoisotopic (exact) mass is 193 g/mol. The molecule has 0 bridgehead atoms. The van der Waals surface area contributed by atoms with Gasteiger partial charge in [-0.25, -0.2) is 8.78 Å². The molecular formula is C7H9F2NOS. The molecule has 0 fully saturated rings. The van der Waals surface area contributed by atoms with Gasteiger partial charge in [0.1, 0.15) is 12.6 Å². The van der Waals surface area contributed by atoms with E-state index in [1.807, 2.05) is 0 Å². The summed E-state index contributed by atoms with van der Waals surface area (Å²) < 4.78 is 25.5. The summed E-state index contributed by atoms with van der Waals surface area (Å²) in [6.07, 6.45) is 0. The van der Waals surface area contributed by atoms with E-state index < -0.39 is 18.6 Å². The first-order chi connectivity index (χ1) is 5.58. The van der Waals surface area contributed by atoms with Crippen LogP contribution in [0.5, 0.6) is 0 Å². The van der Waals surface area contributed by atoms with Crippen LogP contribution >= 0.6 is 11.3 Å². The van der Waals surface area contributed by atoms with Crippen molar-refractivity contribution < 1.29 is 13.9 Å². The lowest BCUT2D eigenvalue weighted by atomic mass is 10.1. The van der Waals surface area contributed by atoms with Gasteiger partial charge in [-0.1, -0.05) is 6.07 Å². The molecule has 0 saturated carbocycles. The third-order valence-electron chi connectivity index (χ3n) is 1.52. The lowest BCUT2D eigenvalue weighted by molar-refractivity contribution is -0.0703. The van der Waals surface area contributed by atoms with E-state index in [1.165, 1.54) is 6.07 Å². The minimum atomic E-state index is -3.23. The molecule has 2 nitrogen and oxygen atoms in total. The van der Waals surface area contributed by atoms with Crippen molar-refractivity contribution in [1.29, 1.82) is 0 Å². The Morgan fingerprint density at radius 2 is 2.33 bits per heavy atom. The normalized spacial score (nSPS) is 14.7. The molecule has 1 atom stereocenters. The Labute approximate surface area is 72.6 Å². The summed E-state index contributed by atoms with van der Waals surface area (Å²) >= 11 is 1.16. The van der Waals surface area contributed by atoms with Gasteiger partial charge in [0.05, 0.1) is 0 Å². The van der Waals surface area contributed by atoms with Crippen LogP contribution in [-0.4, -0.2) is 17.6 Å². The standard InChI is InChI=1S/C7H9F2NOS/c8-7(9,4-11)6(10)5-2-1-3-12-5/h1-3,6,11H,4,10H2. The molecule has 1 aromatic rings. The van der Waals surface area contributed by atoms with Gasteiger partial charge in [0.15, 0.2) is 0 Å². The summed E-state index contributed by atoms with van der Waals surface area (Å²) in [5.41, 5.74) is 5.23. The molecule has 3 N–H and O–H groups in total. The Balaban J connectivity index is 2.78. The molecule has 12 heavy (non-hydrogen) atoms. The molecule has 1 aromatic heterocycles. The molecule has 1 heterocycles. The largest absolute Gasteiger partial charge is 0.390 e. The van der Waals surface area contributed by atoms with E-state index in [4.69, 9.17) is 10.8 Å². The van der Waals surface area contributed by atoms with E-state index in [0.717, 1.165) is 11.3 Å². The highest BCUT2D eigenvalue weighted by Crippen LogP contribution is 2.30. The second-order valence-corrected chi connectivity index (χ2v) is 3.39. The zero-order valence-corrected chi connectivity index (χ0v) is 7.02. The molecule has 68 valence electrons. The molecular weight excluding hydrogens is 184 g/mol. The SMILES string of the molecule is NC(c1cccs1)C(F)(F)CO. The Kier molecular flexibility index (Phi) is 2.76. The number of halogens is 2. The maximum Gasteiger partial charge on any atom is 0.290 e. The smallest absolute Gasteiger partial charge is 0.290 e. The highest BCUT2D eigenvalue weighted by molar-refractivity contribution is 7.10. The van der Waals surface area contributed by atoms with Gasteiger partial charge in [-0.3, -0.25) is 0 Å². The molecule has 0 aliphatic carbocycles. The van der Waals surface area contributed by atoms with Crippen LogP contribution in [0.3, 0.4) is 0 Å². The van der Waals surface area contributed by atoms with Crippen LogP contribution < -0.4 is 5.73 Å². The number of hydrogen-bond acceptors (Lipinski definition) is 3. The fraction of sp³-hybridized carbons (Fsp3) is 0.429. The van der Waals surface area contributed by atoms with Gasteiger partial charge in [-0.2, -0.15) is 0 Å². The molecule has 0 aromatic carbocycles. The Morgan fingerprint density at radius 1 is 1.67 bits per heavy atom. The van der Waals surface area contributed by atoms with Gasteiger partial charge in [0.2, 0.25) is 0 Å². The predicted molar refractivity (Wildman–Crippen MR) is 43.3 cm³/mol. The van der Waals surface area contributed by atoms with Crippen molar-refractivity contribution in [3.63, 3.8) is 0 Å². The van der Waals surface area contributed by atoms with E-state index in [9.17, 15) is 8.78 Å². The summed E-state index contributed by atoms with van der Waals surface area (Å²) in [5, 5.41) is 10.0. The second kappa shape index (κ2) is 3.47. The molecule has 1 unspecified atom stereocenters. The zero-order valence-electron chi connectivity index (χ0n) is 6.21. The van der Waals surface area contributed by atoms with E-state index in [1.54, 1.807) is 11.4 Å². The quantitative estimate of drug-likeness (QED) is 0.761. The van der Waals surface area contributed by atoms with Gasteiger partial charge >= 0.3 is 0 Å². The Morgan fingerprint density at radius 3 is 2.75 bits per heavy atom. The van der Waals surface area contributed by atoms with Gasteiger partial charge in [0.25, 0.3) is 5.92 Å². The van der Waals surface area contributed by atoms with Crippen LogP contribution in [0.2, 0.25) is 0 Å². The van der Waals surface area contributed by atoms with Gasteiger partial charge in [-0.15, -0.1) is 11.3 Å². The highest BCUT2D eigenvalue weighted by Gasteiger charge is 2.37. The maximum atomic E-state index is 12.7. The van der Waals surface area contributed by atoms with Crippen LogP contribution in [0.15, 0.2) is 17.5 Å². The van der Waals surface area contributed by atoms with Crippen LogP contribution in [0.1, 0.15) is 10.9 Å².